The van der Waals surface area contributed by atoms with E-state index < -0.39 is 35.6 Å². The molecule has 10 nitrogen and oxygen atoms in total. The van der Waals surface area contributed by atoms with Gasteiger partial charge in [-0.3, -0.25) is 9.59 Å². The monoisotopic (exact) mass is 1030 g/mol. The minimum atomic E-state index is -0.677. The Labute approximate surface area is 446 Å². The van der Waals surface area contributed by atoms with Gasteiger partial charge in [0.15, 0.2) is 0 Å². The Hall–Kier alpha value is -6.50. The van der Waals surface area contributed by atoms with E-state index in [0.29, 0.717) is 47.2 Å². The van der Waals surface area contributed by atoms with Crippen LogP contribution in [0.25, 0.3) is 0 Å². The van der Waals surface area contributed by atoms with E-state index in [-0.39, 0.29) is 11.8 Å². The number of rotatable bonds is 28. The molecule has 1 fully saturated rings. The Morgan fingerprint density at radius 2 is 0.730 bits per heavy atom. The molecule has 2 N–H and O–H groups in total. The molecule has 0 saturated heterocycles. The summed E-state index contributed by atoms with van der Waals surface area (Å²) >= 11 is 3.18. The number of carbonyl (C=O) groups excluding carboxylic acids is 4. The molecule has 0 spiro atoms. The smallest absolute Gasteiger partial charge is 0.343 e. The van der Waals surface area contributed by atoms with E-state index in [0.717, 1.165) is 58.1 Å². The number of anilines is 2. The molecule has 1 aliphatic carbocycles. The summed E-state index contributed by atoms with van der Waals surface area (Å²) in [4.78, 5) is 57.8. The van der Waals surface area contributed by atoms with Gasteiger partial charge in [0.05, 0.1) is 36.2 Å². The molecule has 6 aromatic rings. The lowest BCUT2D eigenvalue weighted by molar-refractivity contribution is -0.134. The van der Waals surface area contributed by atoms with E-state index in [2.05, 4.69) is 24.5 Å². The minimum Gasteiger partial charge on any atom is -0.494 e. The summed E-state index contributed by atoms with van der Waals surface area (Å²) in [5.74, 6) is -1.78. The summed E-state index contributed by atoms with van der Waals surface area (Å²) in [5, 5.41) is 6.28. The van der Waals surface area contributed by atoms with E-state index in [1.807, 2.05) is 85.3 Å². The van der Waals surface area contributed by atoms with Crippen LogP contribution in [0.5, 0.6) is 23.0 Å². The second-order valence-corrected chi connectivity index (χ2v) is 20.5. The second-order valence-electron chi connectivity index (χ2n) is 18.7. The van der Waals surface area contributed by atoms with Crippen molar-refractivity contribution in [2.24, 2.45) is 11.8 Å². The molecule has 6 aromatic carbocycles. The number of unbranched alkanes of at least 4 members (excludes halogenated alkanes) is 10. The first kappa shape index (κ1) is 55.3. The summed E-state index contributed by atoms with van der Waals surface area (Å²) in [6, 6.07) is 43.4. The van der Waals surface area contributed by atoms with Crippen LogP contribution in [0.4, 0.5) is 11.4 Å². The molecule has 12 heteroatoms. The fraction of sp³-hybridized carbons (Fsp3) is 0.355. The fourth-order valence-corrected chi connectivity index (χ4v) is 10.2. The van der Waals surface area contributed by atoms with Crippen molar-refractivity contribution in [2.75, 3.05) is 36.4 Å². The van der Waals surface area contributed by atoms with Crippen LogP contribution in [0.1, 0.15) is 135 Å². The second kappa shape index (κ2) is 28.8. The van der Waals surface area contributed by atoms with Crippen LogP contribution in [0, 0.1) is 11.8 Å². The van der Waals surface area contributed by atoms with Crippen LogP contribution in [0.15, 0.2) is 155 Å². The molecular weight excluding hydrogens is 965 g/mol. The topological polar surface area (TPSA) is 129 Å². The molecule has 74 heavy (non-hydrogen) atoms. The highest BCUT2D eigenvalue weighted by Crippen LogP contribution is 2.58. The van der Waals surface area contributed by atoms with Gasteiger partial charge in [0, 0.05) is 33.0 Å². The highest BCUT2D eigenvalue weighted by atomic mass is 32.2. The van der Waals surface area contributed by atoms with Crippen molar-refractivity contribution < 1.29 is 38.1 Å². The predicted octanol–water partition coefficient (Wildman–Crippen LogP) is 15.4. The number of esters is 2. The normalized spacial score (nSPS) is 15.8. The van der Waals surface area contributed by atoms with Gasteiger partial charge in [-0.25, -0.2) is 9.59 Å². The van der Waals surface area contributed by atoms with Gasteiger partial charge in [-0.05, 0) is 158 Å². The Balaban J connectivity index is 1.13. The lowest BCUT2D eigenvalue weighted by Crippen LogP contribution is -2.53. The summed E-state index contributed by atoms with van der Waals surface area (Å²) in [7, 11) is 0. The van der Waals surface area contributed by atoms with Gasteiger partial charge in [-0.1, -0.05) is 102 Å². The SMILES string of the molecule is CCCCCCCCOc1ccc(C2C(C(=O)Nc3ccc(OC(=O)c4ccc(SC)cc4)cc3)C(c3ccc(OCCCCCCCC)cc3)C2C(=O)Nc2ccc(OC(=O)c3ccc(SC)cc3)cc2)cc1. The molecule has 7 rings (SSSR count). The highest BCUT2D eigenvalue weighted by molar-refractivity contribution is 7.98. The van der Waals surface area contributed by atoms with Crippen molar-refractivity contribution in [1.29, 1.82) is 0 Å². The van der Waals surface area contributed by atoms with Crippen LogP contribution in [-0.4, -0.2) is 49.5 Å². The zero-order valence-corrected chi connectivity index (χ0v) is 44.8. The standard InChI is InChI=1S/C62H70N2O8S2/c1-5-7-9-11-13-15-41-69-49-29-17-43(18-30-49)55-57(59(65)63-47-25-33-51(34-26-47)71-61(67)45-21-37-53(73-3)38-22-45)56(44-19-31-50(32-20-44)70-42-16-14-12-10-8-6-2)58(55)60(66)64-48-27-35-52(36-28-48)72-62(68)46-23-39-54(74-4)40-24-46/h17-40,55-58H,5-16,41-42H2,1-4H3,(H,63,65)(H,64,66). The zero-order chi connectivity index (χ0) is 52.1. The van der Waals surface area contributed by atoms with Crippen LogP contribution in [0.2, 0.25) is 0 Å². The van der Waals surface area contributed by atoms with E-state index in [1.165, 1.54) is 51.4 Å². The van der Waals surface area contributed by atoms with Crippen molar-refractivity contribution >= 4 is 58.7 Å². The molecule has 1 aliphatic rings. The largest absolute Gasteiger partial charge is 0.494 e. The van der Waals surface area contributed by atoms with Gasteiger partial charge >= 0.3 is 11.9 Å². The summed E-state index contributed by atoms with van der Waals surface area (Å²) in [5.41, 5.74) is 3.54. The first-order valence-corrected chi connectivity index (χ1v) is 28.6. The molecule has 1 saturated carbocycles. The number of benzene rings is 6. The fourth-order valence-electron chi connectivity index (χ4n) is 9.40. The number of ether oxygens (including phenoxy) is 4. The maximum atomic E-state index is 14.9. The van der Waals surface area contributed by atoms with Gasteiger partial charge < -0.3 is 29.6 Å². The molecular formula is C62H70N2O8S2. The lowest BCUT2D eigenvalue weighted by atomic mass is 9.52. The molecule has 0 radical (unpaired) electrons. The van der Waals surface area contributed by atoms with Crippen molar-refractivity contribution in [3.8, 4) is 23.0 Å². The third-order valence-corrected chi connectivity index (χ3v) is 15.0. The Morgan fingerprint density at radius 1 is 0.405 bits per heavy atom. The van der Waals surface area contributed by atoms with E-state index >= 15 is 0 Å². The number of hydrogen-bond donors (Lipinski definition) is 2. The van der Waals surface area contributed by atoms with Crippen molar-refractivity contribution in [3.63, 3.8) is 0 Å². The highest BCUT2D eigenvalue weighted by Gasteiger charge is 2.58. The van der Waals surface area contributed by atoms with E-state index in [1.54, 1.807) is 96.3 Å². The van der Waals surface area contributed by atoms with Gasteiger partial charge in [-0.15, -0.1) is 23.5 Å². The Kier molecular flexibility index (Phi) is 21.5. The van der Waals surface area contributed by atoms with Gasteiger partial charge in [0.1, 0.15) is 23.0 Å². The number of amides is 2. The average Bonchev–Trinajstić information content (AvgIpc) is 3.42. The molecule has 0 atom stereocenters. The first-order valence-electron chi connectivity index (χ1n) is 26.2. The summed E-state index contributed by atoms with van der Waals surface area (Å²) in [6.07, 6.45) is 17.9. The van der Waals surface area contributed by atoms with Crippen molar-refractivity contribution in [3.05, 3.63) is 168 Å². The summed E-state index contributed by atoms with van der Waals surface area (Å²) < 4.78 is 23.7. The molecule has 388 valence electrons. The predicted molar refractivity (Wildman–Crippen MR) is 300 cm³/mol. The van der Waals surface area contributed by atoms with Crippen LogP contribution < -0.4 is 29.6 Å². The molecule has 0 bridgehead atoms. The molecule has 0 aromatic heterocycles. The van der Waals surface area contributed by atoms with E-state index in [9.17, 15) is 19.2 Å². The van der Waals surface area contributed by atoms with Crippen molar-refractivity contribution in [1.82, 2.24) is 0 Å². The maximum absolute atomic E-state index is 14.9. The minimum absolute atomic E-state index is 0.260. The van der Waals surface area contributed by atoms with Gasteiger partial charge in [-0.2, -0.15) is 0 Å². The zero-order valence-electron chi connectivity index (χ0n) is 43.1. The average molecular weight is 1040 g/mol. The van der Waals surface area contributed by atoms with Crippen LogP contribution >= 0.6 is 23.5 Å². The number of nitrogens with one attached hydrogen (secondary N) is 2. The number of hydrogen-bond acceptors (Lipinski definition) is 10. The Morgan fingerprint density at radius 3 is 1.07 bits per heavy atom. The van der Waals surface area contributed by atoms with Gasteiger partial charge in [0.2, 0.25) is 11.8 Å². The quantitative estimate of drug-likeness (QED) is 0.0212. The molecule has 0 unspecified atom stereocenters. The third-order valence-electron chi connectivity index (χ3n) is 13.5. The number of carbonyl (C=O) groups is 4. The van der Waals surface area contributed by atoms with E-state index in [4.69, 9.17) is 18.9 Å². The summed E-state index contributed by atoms with van der Waals surface area (Å²) in [6.45, 7) is 5.65. The first-order chi connectivity index (χ1) is 36.2. The van der Waals surface area contributed by atoms with Crippen molar-refractivity contribution in [2.45, 2.75) is 113 Å². The molecule has 2 amide bonds. The third kappa shape index (κ3) is 15.8. The maximum Gasteiger partial charge on any atom is 0.343 e. The Bertz CT molecular complexity index is 2500. The lowest BCUT2D eigenvalue weighted by Gasteiger charge is -2.50. The van der Waals surface area contributed by atoms with Crippen LogP contribution in [-0.2, 0) is 9.59 Å². The van der Waals surface area contributed by atoms with Crippen LogP contribution in [0.3, 0.4) is 0 Å². The molecule has 0 aliphatic heterocycles. The molecule has 0 heterocycles. The van der Waals surface area contributed by atoms with Gasteiger partial charge in [0.25, 0.3) is 0 Å². The number of thioether (sulfide) groups is 2.